The molecular formula is C22H26N2O4. The van der Waals surface area contributed by atoms with E-state index in [-0.39, 0.29) is 35.4 Å². The second kappa shape index (κ2) is 8.09. The maximum atomic E-state index is 13.1. The number of nitrogens with zero attached hydrogens (tertiary/aromatic N) is 1. The topological polar surface area (TPSA) is 83.6 Å². The lowest BCUT2D eigenvalue weighted by atomic mass is 9.85. The van der Waals surface area contributed by atoms with E-state index in [1.165, 1.54) is 11.8 Å². The van der Waals surface area contributed by atoms with Crippen LogP contribution >= 0.6 is 0 Å². The number of rotatable bonds is 6. The summed E-state index contributed by atoms with van der Waals surface area (Å²) < 4.78 is 0. The van der Waals surface area contributed by atoms with Crippen molar-refractivity contribution >= 4 is 29.2 Å². The summed E-state index contributed by atoms with van der Waals surface area (Å²) in [5.74, 6) is -1.60. The SMILES string of the molecule is CC(=O)c1cccc(NC(=O)C(CC(C)C)N2C(=O)C3CC=CCC3C2=O)c1. The molecule has 1 aromatic rings. The molecule has 1 heterocycles. The van der Waals surface area contributed by atoms with Gasteiger partial charge >= 0.3 is 0 Å². The number of carbonyl (C=O) groups is 4. The summed E-state index contributed by atoms with van der Waals surface area (Å²) in [7, 11) is 0. The number of Topliss-reactive ketones (excluding diaryl/α,β-unsaturated/α-hetero) is 1. The van der Waals surface area contributed by atoms with Crippen LogP contribution < -0.4 is 5.32 Å². The van der Waals surface area contributed by atoms with Gasteiger partial charge in [-0.2, -0.15) is 0 Å². The smallest absolute Gasteiger partial charge is 0.247 e. The van der Waals surface area contributed by atoms with Crippen molar-refractivity contribution < 1.29 is 19.2 Å². The zero-order chi connectivity index (χ0) is 20.4. The minimum absolute atomic E-state index is 0.101. The van der Waals surface area contributed by atoms with Crippen LogP contribution in [0, 0.1) is 17.8 Å². The Morgan fingerprint density at radius 2 is 1.71 bits per heavy atom. The average Bonchev–Trinajstić information content (AvgIpc) is 2.91. The van der Waals surface area contributed by atoms with Gasteiger partial charge in [0.25, 0.3) is 0 Å². The predicted octanol–water partition coefficient (Wildman–Crippen LogP) is 3.19. The van der Waals surface area contributed by atoms with Gasteiger partial charge in [0.15, 0.2) is 5.78 Å². The van der Waals surface area contributed by atoms with Gasteiger partial charge in [0.2, 0.25) is 17.7 Å². The first-order valence-electron chi connectivity index (χ1n) is 9.73. The summed E-state index contributed by atoms with van der Waals surface area (Å²) >= 11 is 0. The summed E-state index contributed by atoms with van der Waals surface area (Å²) in [4.78, 5) is 51.7. The van der Waals surface area contributed by atoms with E-state index in [4.69, 9.17) is 0 Å². The minimum atomic E-state index is -0.855. The highest BCUT2D eigenvalue weighted by Gasteiger charge is 2.51. The van der Waals surface area contributed by atoms with Gasteiger partial charge in [-0.15, -0.1) is 0 Å². The van der Waals surface area contributed by atoms with Crippen LogP contribution in [0.25, 0.3) is 0 Å². The van der Waals surface area contributed by atoms with Gasteiger partial charge < -0.3 is 5.32 Å². The summed E-state index contributed by atoms with van der Waals surface area (Å²) in [5.41, 5.74) is 0.966. The molecule has 3 rings (SSSR count). The molecule has 3 atom stereocenters. The van der Waals surface area contributed by atoms with Crippen LogP contribution in [0.2, 0.25) is 0 Å². The molecule has 0 aromatic heterocycles. The first-order chi connectivity index (χ1) is 13.3. The summed E-state index contributed by atoms with van der Waals surface area (Å²) in [6, 6.07) is 5.80. The van der Waals surface area contributed by atoms with Gasteiger partial charge in [0.05, 0.1) is 11.8 Å². The summed E-state index contributed by atoms with van der Waals surface area (Å²) in [6.45, 7) is 5.37. The zero-order valence-corrected chi connectivity index (χ0v) is 16.5. The maximum Gasteiger partial charge on any atom is 0.247 e. The van der Waals surface area contributed by atoms with Crippen molar-refractivity contribution in [1.29, 1.82) is 0 Å². The molecule has 0 spiro atoms. The Morgan fingerprint density at radius 1 is 1.11 bits per heavy atom. The number of imide groups is 1. The third-order valence-corrected chi connectivity index (χ3v) is 5.39. The maximum absolute atomic E-state index is 13.1. The van der Waals surface area contributed by atoms with E-state index < -0.39 is 11.9 Å². The highest BCUT2D eigenvalue weighted by molar-refractivity contribution is 6.10. The van der Waals surface area contributed by atoms with Crippen LogP contribution in [0.3, 0.4) is 0 Å². The number of fused-ring (bicyclic) bond motifs is 1. The molecule has 1 aromatic carbocycles. The Bertz CT molecular complexity index is 817. The molecule has 28 heavy (non-hydrogen) atoms. The van der Waals surface area contributed by atoms with Gasteiger partial charge in [-0.1, -0.05) is 38.1 Å². The fraction of sp³-hybridized carbons (Fsp3) is 0.455. The molecule has 1 fully saturated rings. The fourth-order valence-corrected chi connectivity index (χ4v) is 3.95. The molecule has 148 valence electrons. The second-order valence-corrected chi connectivity index (χ2v) is 7.97. The van der Waals surface area contributed by atoms with E-state index in [1.54, 1.807) is 24.3 Å². The van der Waals surface area contributed by atoms with Crippen LogP contribution in [0.4, 0.5) is 5.69 Å². The second-order valence-electron chi connectivity index (χ2n) is 7.97. The Kier molecular flexibility index (Phi) is 5.77. The normalized spacial score (nSPS) is 22.4. The fourth-order valence-electron chi connectivity index (χ4n) is 3.95. The molecular weight excluding hydrogens is 356 g/mol. The number of nitrogens with one attached hydrogen (secondary N) is 1. The van der Waals surface area contributed by atoms with Crippen molar-refractivity contribution in [1.82, 2.24) is 4.90 Å². The Hall–Kier alpha value is -2.76. The Morgan fingerprint density at radius 3 is 2.25 bits per heavy atom. The first kappa shape index (κ1) is 20.0. The van der Waals surface area contributed by atoms with Crippen LogP contribution in [-0.2, 0) is 14.4 Å². The highest BCUT2D eigenvalue weighted by atomic mass is 16.2. The van der Waals surface area contributed by atoms with Crippen LogP contribution in [-0.4, -0.2) is 34.4 Å². The third kappa shape index (κ3) is 3.91. The number of amides is 3. The van der Waals surface area contributed by atoms with Crippen LogP contribution in [0.15, 0.2) is 36.4 Å². The van der Waals surface area contributed by atoms with E-state index in [2.05, 4.69) is 5.32 Å². The lowest BCUT2D eigenvalue weighted by Crippen LogP contribution is -2.48. The van der Waals surface area contributed by atoms with Crippen molar-refractivity contribution in [2.45, 2.75) is 46.1 Å². The number of ketones is 1. The van der Waals surface area contributed by atoms with Crippen molar-refractivity contribution in [3.8, 4) is 0 Å². The highest BCUT2D eigenvalue weighted by Crippen LogP contribution is 2.37. The number of benzene rings is 1. The molecule has 1 saturated heterocycles. The van der Waals surface area contributed by atoms with Gasteiger partial charge in [-0.05, 0) is 44.2 Å². The standard InChI is InChI=1S/C22H26N2O4/c1-13(2)11-19(20(26)23-16-8-6-7-15(12-16)14(3)25)24-21(27)17-9-4-5-10-18(17)22(24)28/h4-8,12-13,17-19H,9-11H2,1-3H3,(H,23,26). The summed E-state index contributed by atoms with van der Waals surface area (Å²) in [5, 5.41) is 2.79. The van der Waals surface area contributed by atoms with Crippen LogP contribution in [0.1, 0.15) is 50.4 Å². The monoisotopic (exact) mass is 382 g/mol. The molecule has 3 amide bonds. The number of allylic oxidation sites excluding steroid dienone is 2. The number of hydrogen-bond donors (Lipinski definition) is 1. The molecule has 6 nitrogen and oxygen atoms in total. The molecule has 0 saturated carbocycles. The van der Waals surface area contributed by atoms with E-state index in [9.17, 15) is 19.2 Å². The van der Waals surface area contributed by atoms with Crippen molar-refractivity contribution in [2.75, 3.05) is 5.32 Å². The van der Waals surface area contributed by atoms with E-state index in [0.717, 1.165) is 0 Å². The molecule has 1 aliphatic carbocycles. The number of carbonyl (C=O) groups excluding carboxylic acids is 4. The third-order valence-electron chi connectivity index (χ3n) is 5.39. The van der Waals surface area contributed by atoms with Gasteiger partial charge in [0.1, 0.15) is 6.04 Å². The Labute approximate surface area is 165 Å². The van der Waals surface area contributed by atoms with Crippen molar-refractivity contribution in [3.63, 3.8) is 0 Å². The van der Waals surface area contributed by atoms with Gasteiger partial charge in [-0.25, -0.2) is 0 Å². The van der Waals surface area contributed by atoms with Crippen molar-refractivity contribution in [2.24, 2.45) is 17.8 Å². The number of likely N-dealkylation sites (tertiary alicyclic amines) is 1. The molecule has 2 aliphatic rings. The lowest BCUT2D eigenvalue weighted by Gasteiger charge is -2.27. The minimum Gasteiger partial charge on any atom is -0.324 e. The molecule has 0 radical (unpaired) electrons. The van der Waals surface area contributed by atoms with E-state index >= 15 is 0 Å². The average molecular weight is 382 g/mol. The molecule has 3 unspecified atom stereocenters. The van der Waals surface area contributed by atoms with E-state index in [0.29, 0.717) is 30.5 Å². The quantitative estimate of drug-likeness (QED) is 0.465. The molecule has 1 N–H and O–H groups in total. The predicted molar refractivity (Wildman–Crippen MR) is 106 cm³/mol. The van der Waals surface area contributed by atoms with Gasteiger partial charge in [-0.3, -0.25) is 24.1 Å². The van der Waals surface area contributed by atoms with Crippen molar-refractivity contribution in [3.05, 3.63) is 42.0 Å². The largest absolute Gasteiger partial charge is 0.324 e. The molecule has 6 heteroatoms. The Balaban J connectivity index is 1.85. The number of anilines is 1. The van der Waals surface area contributed by atoms with E-state index in [1.807, 2.05) is 26.0 Å². The molecule has 0 bridgehead atoms. The summed E-state index contributed by atoms with van der Waals surface area (Å²) in [6.07, 6.45) is 5.34. The molecule has 1 aliphatic heterocycles. The first-order valence-corrected chi connectivity index (χ1v) is 9.73. The van der Waals surface area contributed by atoms with Crippen LogP contribution in [0.5, 0.6) is 0 Å². The number of hydrogen-bond acceptors (Lipinski definition) is 4. The zero-order valence-electron chi connectivity index (χ0n) is 16.5. The lowest BCUT2D eigenvalue weighted by molar-refractivity contribution is -0.147. The van der Waals surface area contributed by atoms with Gasteiger partial charge in [0, 0.05) is 11.3 Å².